The Kier molecular flexibility index (Phi) is 8.47. The molecule has 2 bridgehead atoms. The van der Waals surface area contributed by atoms with Crippen molar-refractivity contribution in [1.29, 1.82) is 0 Å². The number of benzene rings is 7. The second-order valence-electron chi connectivity index (χ2n) is 17.2. The Balaban J connectivity index is 1.05. The van der Waals surface area contributed by atoms with Crippen molar-refractivity contribution in [3.05, 3.63) is 175 Å². The third-order valence-corrected chi connectivity index (χ3v) is 14.0. The van der Waals surface area contributed by atoms with Gasteiger partial charge in [0.15, 0.2) is 17.5 Å². The largest absolute Gasteiger partial charge is 0.208 e. The predicted octanol–water partition coefficient (Wildman–Crippen LogP) is 14.1. The average molecular weight is 750 g/mol. The third-order valence-electron chi connectivity index (χ3n) is 14.0. The van der Waals surface area contributed by atoms with Crippen LogP contribution in [0.1, 0.15) is 57.1 Å². The van der Waals surface area contributed by atoms with Crippen LogP contribution in [0.5, 0.6) is 0 Å². The van der Waals surface area contributed by atoms with Gasteiger partial charge in [0.05, 0.1) is 0 Å². The van der Waals surface area contributed by atoms with Crippen LogP contribution in [-0.4, -0.2) is 15.0 Å². The smallest absolute Gasteiger partial charge is 0.164 e. The average Bonchev–Trinajstić information content (AvgIpc) is 3.58. The molecule has 7 aromatic carbocycles. The zero-order chi connectivity index (χ0) is 38.8. The van der Waals surface area contributed by atoms with Crippen LogP contribution in [0.4, 0.5) is 0 Å². The molecule has 0 N–H and O–H groups in total. The molecular weight excluding hydrogens is 703 g/mol. The van der Waals surface area contributed by atoms with Gasteiger partial charge in [-0.1, -0.05) is 160 Å². The van der Waals surface area contributed by atoms with Crippen molar-refractivity contribution in [2.45, 2.75) is 51.4 Å². The van der Waals surface area contributed by atoms with Gasteiger partial charge in [0, 0.05) is 22.1 Å². The van der Waals surface area contributed by atoms with Crippen LogP contribution < -0.4 is 0 Å². The lowest BCUT2D eigenvalue weighted by Gasteiger charge is -2.55. The van der Waals surface area contributed by atoms with Gasteiger partial charge >= 0.3 is 0 Å². The fourth-order valence-electron chi connectivity index (χ4n) is 11.5. The number of aromatic nitrogens is 3. The highest BCUT2D eigenvalue weighted by molar-refractivity contribution is 5.97. The van der Waals surface area contributed by atoms with Crippen LogP contribution >= 0.6 is 0 Å². The molecule has 0 saturated heterocycles. The van der Waals surface area contributed by atoms with Gasteiger partial charge in [-0.05, 0) is 129 Å². The van der Waals surface area contributed by atoms with Crippen LogP contribution in [0.25, 0.3) is 78.3 Å². The van der Waals surface area contributed by atoms with Crippen molar-refractivity contribution in [2.75, 3.05) is 0 Å². The topological polar surface area (TPSA) is 38.7 Å². The zero-order valence-electron chi connectivity index (χ0n) is 33.3. The van der Waals surface area contributed by atoms with E-state index in [-0.39, 0.29) is 5.41 Å². The minimum absolute atomic E-state index is 0.0167. The number of nitrogens with zero attached hydrogens (tertiary/aromatic N) is 3. The molecule has 0 amide bonds. The molecule has 3 aliphatic carbocycles. The van der Waals surface area contributed by atoms with Crippen molar-refractivity contribution in [3.63, 3.8) is 0 Å². The van der Waals surface area contributed by atoms with Crippen LogP contribution in [0.2, 0.25) is 0 Å². The zero-order valence-corrected chi connectivity index (χ0v) is 33.3. The number of hydrogen-bond acceptors (Lipinski definition) is 3. The molecule has 11 rings (SSSR count). The van der Waals surface area contributed by atoms with E-state index in [0.717, 1.165) is 34.1 Å². The molecule has 0 radical (unpaired) electrons. The fraction of sp³-hybridized carbons (Fsp3) is 0.218. The maximum atomic E-state index is 5.05. The number of rotatable bonds is 6. The van der Waals surface area contributed by atoms with Gasteiger partial charge in [0.25, 0.3) is 0 Å². The van der Waals surface area contributed by atoms with Gasteiger partial charge in [0.1, 0.15) is 0 Å². The van der Waals surface area contributed by atoms with Crippen molar-refractivity contribution < 1.29 is 0 Å². The van der Waals surface area contributed by atoms with Crippen molar-refractivity contribution >= 4 is 10.8 Å². The first-order chi connectivity index (χ1) is 28.6. The van der Waals surface area contributed by atoms with Crippen LogP contribution in [-0.2, 0) is 5.41 Å². The number of hydrogen-bond donors (Lipinski definition) is 0. The molecule has 2 fully saturated rings. The summed E-state index contributed by atoms with van der Waals surface area (Å²) in [6.45, 7) is 5.01. The van der Waals surface area contributed by atoms with Crippen LogP contribution in [0.15, 0.2) is 164 Å². The molecule has 1 heterocycles. The van der Waals surface area contributed by atoms with E-state index in [1.54, 1.807) is 11.1 Å². The Morgan fingerprint density at radius 2 is 1.00 bits per heavy atom. The Morgan fingerprint density at radius 1 is 0.466 bits per heavy atom. The summed E-state index contributed by atoms with van der Waals surface area (Å²) < 4.78 is 0. The Hall–Kier alpha value is -6.19. The molecule has 5 atom stereocenters. The van der Waals surface area contributed by atoms with Crippen molar-refractivity contribution in [3.8, 4) is 67.5 Å². The second kappa shape index (κ2) is 14.0. The molecule has 8 aromatic rings. The maximum absolute atomic E-state index is 5.05. The first kappa shape index (κ1) is 35.0. The van der Waals surface area contributed by atoms with E-state index in [1.807, 2.05) is 36.4 Å². The molecule has 3 nitrogen and oxygen atoms in total. The predicted molar refractivity (Wildman–Crippen MR) is 239 cm³/mol. The van der Waals surface area contributed by atoms with Gasteiger partial charge in [-0.25, -0.2) is 15.0 Å². The molecule has 3 heteroatoms. The van der Waals surface area contributed by atoms with E-state index in [0.29, 0.717) is 29.3 Å². The highest BCUT2D eigenvalue weighted by atomic mass is 15.0. The Labute approximate surface area is 341 Å². The second-order valence-corrected chi connectivity index (χ2v) is 17.2. The van der Waals surface area contributed by atoms with Crippen LogP contribution in [0.3, 0.4) is 0 Å². The van der Waals surface area contributed by atoms with Gasteiger partial charge in [-0.3, -0.25) is 0 Å². The van der Waals surface area contributed by atoms with Gasteiger partial charge in [0.2, 0.25) is 0 Å². The summed E-state index contributed by atoms with van der Waals surface area (Å²) in [5, 5.41) is 2.69. The van der Waals surface area contributed by atoms with E-state index in [1.165, 1.54) is 70.7 Å². The molecule has 1 spiro atoms. The minimum Gasteiger partial charge on any atom is -0.208 e. The molecule has 282 valence electrons. The standard InChI is InChI=1S/C55H47N3/c1-3-36-28-37-27-35(2)55(46(29-36)30-37)50-34-43-20-11-10-19-42(43)33-49(50)48-26-14-25-47(51(48)55)44-23-12-21-40(31-44)41-22-13-24-45(32-41)54-57-52(38-15-6-4-7-16-38)56-53(58-54)39-17-8-5-9-18-39/h4-26,31-37,46H,3,27-30H2,1-2H3. The van der Waals surface area contributed by atoms with E-state index < -0.39 is 0 Å². The quantitative estimate of drug-likeness (QED) is 0.170. The van der Waals surface area contributed by atoms with E-state index in [4.69, 9.17) is 15.0 Å². The highest BCUT2D eigenvalue weighted by Gasteiger charge is 2.57. The lowest BCUT2D eigenvalue weighted by molar-refractivity contribution is 0.0371. The molecule has 58 heavy (non-hydrogen) atoms. The Bertz CT molecular complexity index is 2770. The van der Waals surface area contributed by atoms with Crippen molar-refractivity contribution in [2.24, 2.45) is 23.7 Å². The summed E-state index contributed by atoms with van der Waals surface area (Å²) in [7, 11) is 0. The highest BCUT2D eigenvalue weighted by Crippen LogP contribution is 2.66. The molecular formula is C55H47N3. The summed E-state index contributed by atoms with van der Waals surface area (Å²) in [5.41, 5.74) is 13.9. The first-order valence-corrected chi connectivity index (χ1v) is 21.3. The van der Waals surface area contributed by atoms with Crippen LogP contribution in [0, 0.1) is 23.7 Å². The molecule has 5 unspecified atom stereocenters. The van der Waals surface area contributed by atoms with Crippen molar-refractivity contribution in [1.82, 2.24) is 15.0 Å². The monoisotopic (exact) mass is 749 g/mol. The summed E-state index contributed by atoms with van der Waals surface area (Å²) >= 11 is 0. The summed E-state index contributed by atoms with van der Waals surface area (Å²) in [4.78, 5) is 15.0. The lowest BCUT2D eigenvalue weighted by atomic mass is 9.48. The summed E-state index contributed by atoms with van der Waals surface area (Å²) in [6, 6.07) is 59.6. The molecule has 1 aromatic heterocycles. The molecule has 3 aliphatic rings. The van der Waals surface area contributed by atoms with Gasteiger partial charge in [-0.15, -0.1) is 0 Å². The minimum atomic E-state index is -0.0167. The van der Waals surface area contributed by atoms with Gasteiger partial charge in [-0.2, -0.15) is 0 Å². The van der Waals surface area contributed by atoms with E-state index in [9.17, 15) is 0 Å². The summed E-state index contributed by atoms with van der Waals surface area (Å²) in [6.07, 6.45) is 6.64. The fourth-order valence-corrected chi connectivity index (χ4v) is 11.5. The first-order valence-electron chi connectivity index (χ1n) is 21.3. The van der Waals surface area contributed by atoms with E-state index >= 15 is 0 Å². The molecule has 2 saturated carbocycles. The number of fused-ring (bicyclic) bond motifs is 9. The van der Waals surface area contributed by atoms with Gasteiger partial charge < -0.3 is 0 Å². The Morgan fingerprint density at radius 3 is 1.67 bits per heavy atom. The molecule has 0 aliphatic heterocycles. The third kappa shape index (κ3) is 5.66. The maximum Gasteiger partial charge on any atom is 0.164 e. The van der Waals surface area contributed by atoms with E-state index in [2.05, 4.69) is 141 Å². The normalized spacial score (nSPS) is 21.8. The SMILES string of the molecule is CCC1CC2CC(C)C3(c4cc5ccccc5cc4-c4cccc(-c5cccc(-c6cccc(-c7nc(-c8ccccc8)nc(-c8ccccc8)n7)c6)c5)c43)C(C1)C2. The summed E-state index contributed by atoms with van der Waals surface area (Å²) in [5.74, 6) is 4.83. The lowest BCUT2D eigenvalue weighted by Crippen LogP contribution is -2.49.